The Balaban J connectivity index is 1.10. The van der Waals surface area contributed by atoms with Crippen LogP contribution in [0.2, 0.25) is 0 Å². The first-order valence-corrected chi connectivity index (χ1v) is 16.5. The summed E-state index contributed by atoms with van der Waals surface area (Å²) in [5.41, 5.74) is 10.8. The minimum absolute atomic E-state index is 0.00253. The molecule has 1 aliphatic rings. The first kappa shape index (κ1) is 33.2. The second-order valence-electron chi connectivity index (χ2n) is 11.3. The molecule has 242 valence electrons. The minimum Gasteiger partial charge on any atom is -0.397 e. The largest absolute Gasteiger partial charge is 0.397 e. The summed E-state index contributed by atoms with van der Waals surface area (Å²) in [6.45, 7) is 0.402. The van der Waals surface area contributed by atoms with E-state index < -0.39 is 6.29 Å². The number of nitrogens with two attached hydrogens (primary N) is 1. The van der Waals surface area contributed by atoms with Crippen molar-refractivity contribution in [2.24, 2.45) is 7.05 Å². The predicted octanol–water partition coefficient (Wildman–Crippen LogP) is 5.65. The summed E-state index contributed by atoms with van der Waals surface area (Å²) in [5, 5.41) is 16.2. The molecule has 0 bridgehead atoms. The number of anilines is 2. The molecule has 0 unspecified atom stereocenters. The molecule has 4 aromatic rings. The molecule has 0 radical (unpaired) electrons. The second kappa shape index (κ2) is 16.4. The number of imidazole rings is 1. The van der Waals surface area contributed by atoms with E-state index in [0.29, 0.717) is 50.0 Å². The number of aliphatic hydroxyl groups excluding tert-OH is 1. The molecule has 1 saturated heterocycles. The van der Waals surface area contributed by atoms with E-state index in [0.717, 1.165) is 33.2 Å². The Morgan fingerprint density at radius 3 is 2.35 bits per heavy atom. The van der Waals surface area contributed by atoms with E-state index in [1.165, 1.54) is 0 Å². The predicted molar refractivity (Wildman–Crippen MR) is 179 cm³/mol. The molecule has 46 heavy (non-hydrogen) atoms. The van der Waals surface area contributed by atoms with Crippen LogP contribution in [0.15, 0.2) is 90.3 Å². The number of ether oxygens (including phenoxy) is 2. The van der Waals surface area contributed by atoms with Crippen molar-refractivity contribution in [1.29, 1.82) is 0 Å². The molecule has 2 amide bonds. The van der Waals surface area contributed by atoms with Gasteiger partial charge in [-0.05, 0) is 41.7 Å². The number of carbonyl (C=O) groups is 2. The van der Waals surface area contributed by atoms with E-state index in [-0.39, 0.29) is 30.6 Å². The van der Waals surface area contributed by atoms with E-state index in [2.05, 4.69) is 15.6 Å². The Bertz CT molecular complexity index is 1580. The Hall–Kier alpha value is -4.16. The number of para-hydroxylation sites is 2. The fourth-order valence-electron chi connectivity index (χ4n) is 5.16. The number of hydrogen-bond acceptors (Lipinski definition) is 8. The van der Waals surface area contributed by atoms with Crippen molar-refractivity contribution in [2.45, 2.75) is 68.9 Å². The van der Waals surface area contributed by atoms with E-state index in [4.69, 9.17) is 15.2 Å². The number of unbranched alkanes of at least 4 members (excludes halogenated alkanes) is 1. The second-order valence-corrected chi connectivity index (χ2v) is 12.3. The van der Waals surface area contributed by atoms with E-state index in [1.807, 2.05) is 78.5 Å². The Kier molecular flexibility index (Phi) is 11.9. The van der Waals surface area contributed by atoms with Gasteiger partial charge in [0.25, 0.3) is 0 Å². The number of aryl methyl sites for hydroxylation is 1. The van der Waals surface area contributed by atoms with Crippen molar-refractivity contribution >= 4 is 35.0 Å². The summed E-state index contributed by atoms with van der Waals surface area (Å²) >= 11 is 1.65. The van der Waals surface area contributed by atoms with Crippen LogP contribution in [0.5, 0.6) is 0 Å². The zero-order chi connectivity index (χ0) is 32.3. The highest BCUT2D eigenvalue weighted by molar-refractivity contribution is 7.99. The molecule has 1 aliphatic heterocycles. The summed E-state index contributed by atoms with van der Waals surface area (Å²) in [7, 11) is 1.98. The molecule has 5 rings (SSSR count). The number of nitrogens with one attached hydrogen (secondary N) is 2. The number of rotatable bonds is 14. The number of carbonyl (C=O) groups excluding carboxylic acids is 2. The third-order valence-electron chi connectivity index (χ3n) is 7.82. The standard InChI is InChI=1S/C35H41N5O5S/c1-40-19-18-37-35(40)46-23-28-20-31(26-14-12-25(22-41)13-15-26)45-34(44-28)27-16-10-24(11-17-27)21-38-32(42)8-4-5-9-33(43)39-30-7-3-2-6-29(30)36/h2-3,6-7,10-19,28,31,34,41H,4-5,8-9,20-23,36H2,1H3,(H,38,42)(H,39,43)/t28-,31+,34+/m0/s1. The van der Waals surface area contributed by atoms with Gasteiger partial charge in [0, 0.05) is 56.6 Å². The lowest BCUT2D eigenvalue weighted by atomic mass is 10.0. The molecule has 0 aliphatic carbocycles. The molecule has 10 nitrogen and oxygen atoms in total. The number of aliphatic hydroxyl groups is 1. The number of benzene rings is 3. The zero-order valence-corrected chi connectivity index (χ0v) is 26.7. The first-order chi connectivity index (χ1) is 22.4. The Labute approximate surface area is 273 Å². The van der Waals surface area contributed by atoms with Gasteiger partial charge < -0.3 is 35.5 Å². The average Bonchev–Trinajstić information content (AvgIpc) is 3.50. The third kappa shape index (κ3) is 9.43. The normalized spacial score (nSPS) is 17.8. The lowest BCUT2D eigenvalue weighted by Crippen LogP contribution is -2.31. The van der Waals surface area contributed by atoms with E-state index in [9.17, 15) is 14.7 Å². The fourth-order valence-corrected chi connectivity index (χ4v) is 6.11. The van der Waals surface area contributed by atoms with Crippen LogP contribution in [0, 0.1) is 0 Å². The number of nitrogen functional groups attached to an aromatic ring is 1. The molecule has 3 atom stereocenters. The van der Waals surface area contributed by atoms with Gasteiger partial charge in [-0.15, -0.1) is 0 Å². The van der Waals surface area contributed by atoms with Gasteiger partial charge in [-0.2, -0.15) is 0 Å². The summed E-state index contributed by atoms with van der Waals surface area (Å²) in [6, 6.07) is 22.9. The number of aromatic nitrogens is 2. The van der Waals surface area contributed by atoms with Gasteiger partial charge in [-0.25, -0.2) is 4.98 Å². The minimum atomic E-state index is -0.553. The van der Waals surface area contributed by atoms with E-state index >= 15 is 0 Å². The van der Waals surface area contributed by atoms with Gasteiger partial charge in [0.05, 0.1) is 30.2 Å². The van der Waals surface area contributed by atoms with Gasteiger partial charge in [0.2, 0.25) is 11.8 Å². The maximum Gasteiger partial charge on any atom is 0.224 e. The average molecular weight is 644 g/mol. The van der Waals surface area contributed by atoms with Crippen LogP contribution in [-0.2, 0) is 39.3 Å². The van der Waals surface area contributed by atoms with Crippen molar-refractivity contribution in [3.05, 3.63) is 107 Å². The van der Waals surface area contributed by atoms with E-state index in [1.54, 1.807) is 30.1 Å². The van der Waals surface area contributed by atoms with Crippen LogP contribution in [-0.4, -0.2) is 38.3 Å². The Morgan fingerprint density at radius 1 is 0.957 bits per heavy atom. The maximum atomic E-state index is 12.4. The summed E-state index contributed by atoms with van der Waals surface area (Å²) < 4.78 is 14.9. The quantitative estimate of drug-likeness (QED) is 0.0786. The molecular formula is C35H41N5O5S. The number of nitrogens with zero attached hydrogens (tertiary/aromatic N) is 2. The van der Waals surface area contributed by atoms with Crippen molar-refractivity contribution in [3.63, 3.8) is 0 Å². The van der Waals surface area contributed by atoms with Gasteiger partial charge in [0.1, 0.15) is 0 Å². The van der Waals surface area contributed by atoms with Gasteiger partial charge in [0.15, 0.2) is 11.4 Å². The molecule has 0 spiro atoms. The molecule has 5 N–H and O–H groups in total. The smallest absolute Gasteiger partial charge is 0.224 e. The first-order valence-electron chi connectivity index (χ1n) is 15.5. The van der Waals surface area contributed by atoms with Gasteiger partial charge in [-0.3, -0.25) is 9.59 Å². The maximum absolute atomic E-state index is 12.4. The van der Waals surface area contributed by atoms with Crippen LogP contribution in [0.3, 0.4) is 0 Å². The summed E-state index contributed by atoms with van der Waals surface area (Å²) in [4.78, 5) is 29.0. The van der Waals surface area contributed by atoms with Crippen molar-refractivity contribution in [1.82, 2.24) is 14.9 Å². The van der Waals surface area contributed by atoms with Crippen molar-refractivity contribution in [3.8, 4) is 0 Å². The summed E-state index contributed by atoms with van der Waals surface area (Å²) in [5.74, 6) is 0.555. The molecule has 1 aromatic heterocycles. The van der Waals surface area contributed by atoms with Crippen LogP contribution < -0.4 is 16.4 Å². The van der Waals surface area contributed by atoms with Crippen LogP contribution in [0.4, 0.5) is 11.4 Å². The highest BCUT2D eigenvalue weighted by atomic mass is 32.2. The number of amides is 2. The molecule has 1 fully saturated rings. The van der Waals surface area contributed by atoms with Crippen LogP contribution >= 0.6 is 11.8 Å². The molecule has 2 heterocycles. The zero-order valence-electron chi connectivity index (χ0n) is 25.9. The molecule has 0 saturated carbocycles. The number of hydrogen-bond donors (Lipinski definition) is 4. The monoisotopic (exact) mass is 643 g/mol. The highest BCUT2D eigenvalue weighted by Gasteiger charge is 2.32. The summed E-state index contributed by atoms with van der Waals surface area (Å²) in [6.07, 6.45) is 5.52. The molecular weight excluding hydrogens is 602 g/mol. The molecule has 11 heteroatoms. The van der Waals surface area contributed by atoms with Crippen molar-refractivity contribution < 1.29 is 24.2 Å². The lowest BCUT2D eigenvalue weighted by molar-refractivity contribution is -0.245. The lowest BCUT2D eigenvalue weighted by Gasteiger charge is -2.36. The topological polar surface area (TPSA) is 141 Å². The van der Waals surface area contributed by atoms with Gasteiger partial charge in [-0.1, -0.05) is 72.4 Å². The highest BCUT2D eigenvalue weighted by Crippen LogP contribution is 2.39. The van der Waals surface area contributed by atoms with Crippen LogP contribution in [0.25, 0.3) is 0 Å². The van der Waals surface area contributed by atoms with Crippen LogP contribution in [0.1, 0.15) is 66.8 Å². The third-order valence-corrected chi connectivity index (χ3v) is 9.01. The van der Waals surface area contributed by atoms with Gasteiger partial charge >= 0.3 is 0 Å². The Morgan fingerprint density at radius 2 is 1.65 bits per heavy atom. The molecule has 3 aromatic carbocycles. The fraction of sp³-hybridized carbons (Fsp3) is 0.343. The number of thioether (sulfide) groups is 1. The van der Waals surface area contributed by atoms with Crippen molar-refractivity contribution in [2.75, 3.05) is 16.8 Å². The SMILES string of the molecule is Cn1ccnc1SC[C@@H]1C[C@H](c2ccc(CO)cc2)O[C@H](c2ccc(CNC(=O)CCCCC(=O)Nc3ccccc3N)cc2)O1.